The largest absolute Gasteiger partial charge is 0.348 e. The van der Waals surface area contributed by atoms with E-state index in [0.717, 1.165) is 11.6 Å². The van der Waals surface area contributed by atoms with Crippen molar-refractivity contribution in [1.29, 1.82) is 0 Å². The molecule has 2 aromatic carbocycles. The highest BCUT2D eigenvalue weighted by Crippen LogP contribution is 2.22. The van der Waals surface area contributed by atoms with Crippen LogP contribution < -0.4 is 10.6 Å². The van der Waals surface area contributed by atoms with Gasteiger partial charge in [-0.15, -0.1) is 0 Å². The summed E-state index contributed by atoms with van der Waals surface area (Å²) < 4.78 is 39.7. The Kier molecular flexibility index (Phi) is 7.42. The van der Waals surface area contributed by atoms with Crippen molar-refractivity contribution < 1.29 is 22.8 Å². The van der Waals surface area contributed by atoms with E-state index in [-0.39, 0.29) is 25.0 Å². The van der Waals surface area contributed by atoms with Crippen LogP contribution in [0, 0.1) is 17.5 Å². The third-order valence-electron chi connectivity index (χ3n) is 3.89. The minimum Gasteiger partial charge on any atom is -0.348 e. The molecule has 0 aromatic heterocycles. The number of amides is 2. The van der Waals surface area contributed by atoms with E-state index in [1.165, 1.54) is 11.9 Å². The molecule has 9 heteroatoms. The van der Waals surface area contributed by atoms with Crippen molar-refractivity contribution in [2.24, 2.45) is 0 Å². The Morgan fingerprint density at radius 2 is 1.68 bits per heavy atom. The first-order valence-electron chi connectivity index (χ1n) is 8.34. The molecule has 2 amide bonds. The summed E-state index contributed by atoms with van der Waals surface area (Å²) in [6.07, 6.45) is 0. The molecule has 0 fully saturated rings. The molecule has 5 nitrogen and oxygen atoms in total. The van der Waals surface area contributed by atoms with Gasteiger partial charge in [-0.3, -0.25) is 14.5 Å². The van der Waals surface area contributed by atoms with Gasteiger partial charge in [0, 0.05) is 5.02 Å². The van der Waals surface area contributed by atoms with E-state index in [1.54, 1.807) is 31.2 Å². The molecule has 28 heavy (non-hydrogen) atoms. The molecule has 0 radical (unpaired) electrons. The van der Waals surface area contributed by atoms with E-state index < -0.39 is 29.0 Å². The van der Waals surface area contributed by atoms with Gasteiger partial charge in [0.2, 0.25) is 11.8 Å². The maximum absolute atomic E-state index is 13.6. The topological polar surface area (TPSA) is 61.4 Å². The molecule has 0 saturated heterocycles. The van der Waals surface area contributed by atoms with Crippen LogP contribution >= 0.6 is 11.6 Å². The molecule has 0 spiro atoms. The van der Waals surface area contributed by atoms with Crippen LogP contribution in [0.2, 0.25) is 5.02 Å². The van der Waals surface area contributed by atoms with Gasteiger partial charge < -0.3 is 10.6 Å². The molecule has 0 aliphatic rings. The highest BCUT2D eigenvalue weighted by Gasteiger charge is 2.18. The van der Waals surface area contributed by atoms with Crippen LogP contribution in [0.4, 0.5) is 18.9 Å². The van der Waals surface area contributed by atoms with E-state index in [2.05, 4.69) is 10.6 Å². The van der Waals surface area contributed by atoms with E-state index in [1.807, 2.05) is 0 Å². The average Bonchev–Trinajstić information content (AvgIpc) is 2.62. The Morgan fingerprint density at radius 1 is 1.04 bits per heavy atom. The Balaban J connectivity index is 1.86. The monoisotopic (exact) mass is 413 g/mol. The normalized spacial score (nSPS) is 12.0. The summed E-state index contributed by atoms with van der Waals surface area (Å²) in [5, 5.41) is 5.44. The molecule has 2 aromatic rings. The van der Waals surface area contributed by atoms with Crippen LogP contribution in [-0.2, 0) is 9.59 Å². The zero-order valence-electron chi connectivity index (χ0n) is 15.2. The highest BCUT2D eigenvalue weighted by molar-refractivity contribution is 6.31. The van der Waals surface area contributed by atoms with Crippen molar-refractivity contribution in [3.63, 3.8) is 0 Å². The first kappa shape index (κ1) is 21.7. The number of halogens is 4. The molecule has 0 saturated carbocycles. The Bertz CT molecular complexity index is 879. The molecule has 0 aliphatic heterocycles. The number of nitrogens with zero attached hydrogens (tertiary/aromatic N) is 1. The molecule has 0 heterocycles. The highest BCUT2D eigenvalue weighted by atomic mass is 35.5. The number of anilines is 1. The summed E-state index contributed by atoms with van der Waals surface area (Å²) in [4.78, 5) is 25.5. The van der Waals surface area contributed by atoms with E-state index in [4.69, 9.17) is 11.6 Å². The summed E-state index contributed by atoms with van der Waals surface area (Å²) in [7, 11) is 1.51. The van der Waals surface area contributed by atoms with Crippen molar-refractivity contribution in [2.75, 3.05) is 25.5 Å². The molecule has 0 aliphatic carbocycles. The van der Waals surface area contributed by atoms with Gasteiger partial charge in [-0.25, -0.2) is 13.2 Å². The Labute approximate surface area is 165 Å². The number of hydrogen-bond donors (Lipinski definition) is 2. The first-order valence-corrected chi connectivity index (χ1v) is 8.72. The summed E-state index contributed by atoms with van der Waals surface area (Å²) in [5.74, 6) is -5.53. The van der Waals surface area contributed by atoms with E-state index in [9.17, 15) is 22.8 Å². The predicted octanol–water partition coefficient (Wildman–Crippen LogP) is 3.51. The van der Waals surface area contributed by atoms with Crippen molar-refractivity contribution in [2.45, 2.75) is 13.0 Å². The molecular formula is C19H19ClF3N3O2. The number of benzene rings is 2. The van der Waals surface area contributed by atoms with Crippen LogP contribution in [0.15, 0.2) is 36.4 Å². The lowest BCUT2D eigenvalue weighted by Crippen LogP contribution is -2.39. The number of likely N-dealkylation sites (N-methyl/N-ethyl adjacent to an activating group) is 1. The second kappa shape index (κ2) is 9.57. The van der Waals surface area contributed by atoms with Crippen LogP contribution in [0.3, 0.4) is 0 Å². The third kappa shape index (κ3) is 5.71. The van der Waals surface area contributed by atoms with Gasteiger partial charge in [-0.1, -0.05) is 29.8 Å². The fourth-order valence-corrected chi connectivity index (χ4v) is 2.85. The first-order chi connectivity index (χ1) is 13.2. The maximum atomic E-state index is 13.6. The predicted molar refractivity (Wildman–Crippen MR) is 100 cm³/mol. The molecule has 0 unspecified atom stereocenters. The van der Waals surface area contributed by atoms with Gasteiger partial charge in [0.25, 0.3) is 0 Å². The number of hydrogen-bond acceptors (Lipinski definition) is 3. The summed E-state index contributed by atoms with van der Waals surface area (Å²) in [6.45, 7) is 1.41. The second-order valence-corrected chi connectivity index (χ2v) is 6.66. The van der Waals surface area contributed by atoms with Crippen molar-refractivity contribution in [1.82, 2.24) is 10.2 Å². The van der Waals surface area contributed by atoms with Crippen molar-refractivity contribution in [3.8, 4) is 0 Å². The van der Waals surface area contributed by atoms with Crippen molar-refractivity contribution in [3.05, 3.63) is 64.4 Å². The Hall–Kier alpha value is -2.58. The lowest BCUT2D eigenvalue weighted by atomic mass is 10.1. The van der Waals surface area contributed by atoms with Crippen LogP contribution in [0.5, 0.6) is 0 Å². The zero-order chi connectivity index (χ0) is 20.8. The van der Waals surface area contributed by atoms with Crippen LogP contribution in [0.1, 0.15) is 18.5 Å². The fraction of sp³-hybridized carbons (Fsp3) is 0.263. The lowest BCUT2D eigenvalue weighted by Gasteiger charge is -2.19. The van der Waals surface area contributed by atoms with Crippen LogP contribution in [0.25, 0.3) is 0 Å². The molecule has 0 bridgehead atoms. The number of carbonyl (C=O) groups is 2. The summed E-state index contributed by atoms with van der Waals surface area (Å²) in [5.41, 5.74) is 0.279. The minimum atomic E-state index is -1.67. The van der Waals surface area contributed by atoms with E-state index >= 15 is 0 Å². The number of nitrogens with one attached hydrogen (secondary N) is 2. The summed E-state index contributed by atoms with van der Waals surface area (Å²) >= 11 is 6.09. The molecule has 2 rings (SSSR count). The minimum absolute atomic E-state index is 0.109. The lowest BCUT2D eigenvalue weighted by molar-refractivity contribution is -0.123. The van der Waals surface area contributed by atoms with Crippen LogP contribution in [-0.4, -0.2) is 36.9 Å². The SMILES string of the molecule is C[C@@H](NC(=O)CN(C)CC(=O)Nc1ccc(F)c(F)c1F)c1ccccc1Cl. The number of carbonyl (C=O) groups excluding carboxylic acids is 2. The van der Waals surface area contributed by atoms with Gasteiger partial charge in [0.15, 0.2) is 17.5 Å². The second-order valence-electron chi connectivity index (χ2n) is 6.25. The zero-order valence-corrected chi connectivity index (χ0v) is 16.0. The van der Waals surface area contributed by atoms with Gasteiger partial charge in [-0.2, -0.15) is 0 Å². The Morgan fingerprint density at radius 3 is 2.36 bits per heavy atom. The van der Waals surface area contributed by atoms with Gasteiger partial charge in [0.1, 0.15) is 0 Å². The van der Waals surface area contributed by atoms with Gasteiger partial charge >= 0.3 is 0 Å². The third-order valence-corrected chi connectivity index (χ3v) is 4.23. The standard InChI is InChI=1S/C19H19ClF3N3O2/c1-11(12-5-3-4-6-13(12)20)24-16(27)9-26(2)10-17(28)25-15-8-7-14(21)18(22)19(15)23/h3-8,11H,9-10H2,1-2H3,(H,24,27)(H,25,28)/t11-/m1/s1. The quantitative estimate of drug-likeness (QED) is 0.683. The fourth-order valence-electron chi connectivity index (χ4n) is 2.55. The van der Waals surface area contributed by atoms with Crippen molar-refractivity contribution >= 4 is 29.1 Å². The van der Waals surface area contributed by atoms with Gasteiger partial charge in [0.05, 0.1) is 24.8 Å². The number of rotatable bonds is 7. The molecule has 150 valence electrons. The summed E-state index contributed by atoms with van der Waals surface area (Å²) in [6, 6.07) is 8.39. The maximum Gasteiger partial charge on any atom is 0.238 e. The average molecular weight is 414 g/mol. The molecular weight excluding hydrogens is 395 g/mol. The smallest absolute Gasteiger partial charge is 0.238 e. The van der Waals surface area contributed by atoms with Gasteiger partial charge in [-0.05, 0) is 37.7 Å². The van der Waals surface area contributed by atoms with E-state index in [0.29, 0.717) is 11.1 Å². The molecule has 2 N–H and O–H groups in total. The molecule has 1 atom stereocenters.